The summed E-state index contributed by atoms with van der Waals surface area (Å²) in [5.41, 5.74) is 3.76. The van der Waals surface area contributed by atoms with Crippen LogP contribution in [0.15, 0.2) is 67.0 Å². The molecule has 40 heavy (non-hydrogen) atoms. The molecule has 1 aromatic heterocycles. The second-order valence-corrected chi connectivity index (χ2v) is 11.7. The smallest absolute Gasteiger partial charge is 0.246 e. The molecule has 1 aliphatic rings. The van der Waals surface area contributed by atoms with Crippen LogP contribution in [0.25, 0.3) is 0 Å². The van der Waals surface area contributed by atoms with Crippen LogP contribution in [0.3, 0.4) is 0 Å². The molecule has 0 radical (unpaired) electrons. The number of nitrogens with zero attached hydrogens (tertiary/aromatic N) is 3. The summed E-state index contributed by atoms with van der Waals surface area (Å²) in [5.74, 6) is -0.529. The zero-order chi connectivity index (χ0) is 28.7. The minimum absolute atomic E-state index is 0.205. The molecule has 1 fully saturated rings. The summed E-state index contributed by atoms with van der Waals surface area (Å²) in [6.07, 6.45) is 5.23. The standard InChI is InChI=1S/C29H36N5O5P/c1-20(30-2)28(35)33-25(16-22-10-12-23(13-11-22)19-40(37,38)39)29(36)34-14-6-9-27(34)26-18-31-17-24(32-26)15-21-7-4-3-5-8-21/h3-5,7-8,10-13,17-18,20,25,27,30H,6,9,14-16,19H2,1-2H3,(H,33,35)(H2,37,38,39)/p-2/t20-,25-,27+/m0/s1. The van der Waals surface area contributed by atoms with Crippen LogP contribution in [0.1, 0.15) is 53.9 Å². The quantitative estimate of drug-likeness (QED) is 0.333. The molecule has 3 atom stereocenters. The summed E-state index contributed by atoms with van der Waals surface area (Å²) in [6, 6.07) is 14.9. The SMILES string of the molecule is CN[C@@H](C)C(=O)N[C@@H](Cc1ccc(CP(=O)([O-])[O-])cc1)C(=O)N1CCC[C@@H]1c1cncc(Cc2ccccc2)n1. The molecule has 0 saturated carbocycles. The summed E-state index contributed by atoms with van der Waals surface area (Å²) in [5, 5.41) is 5.78. The molecule has 4 rings (SSSR count). The van der Waals surface area contributed by atoms with E-state index >= 15 is 0 Å². The van der Waals surface area contributed by atoms with E-state index in [0.29, 0.717) is 18.5 Å². The fourth-order valence-electron chi connectivity index (χ4n) is 4.88. The lowest BCUT2D eigenvalue weighted by atomic mass is 10.0. The molecular weight excluding hydrogens is 529 g/mol. The fourth-order valence-corrected chi connectivity index (χ4v) is 5.54. The topological polar surface area (TPSA) is 150 Å². The Kier molecular flexibility index (Phi) is 9.81. The van der Waals surface area contributed by atoms with Gasteiger partial charge in [-0.1, -0.05) is 62.2 Å². The van der Waals surface area contributed by atoms with Gasteiger partial charge in [0.25, 0.3) is 0 Å². The van der Waals surface area contributed by atoms with Gasteiger partial charge < -0.3 is 29.9 Å². The van der Waals surface area contributed by atoms with Gasteiger partial charge in [0.15, 0.2) is 0 Å². The average molecular weight is 564 g/mol. The van der Waals surface area contributed by atoms with E-state index < -0.39 is 25.8 Å². The number of hydrogen-bond acceptors (Lipinski definition) is 8. The first-order chi connectivity index (χ1) is 19.1. The third kappa shape index (κ3) is 8.05. The Labute approximate surface area is 234 Å². The van der Waals surface area contributed by atoms with Gasteiger partial charge in [0.1, 0.15) is 6.04 Å². The zero-order valence-corrected chi connectivity index (χ0v) is 23.6. The Balaban J connectivity index is 1.54. The molecule has 2 heterocycles. The number of nitrogens with one attached hydrogen (secondary N) is 2. The van der Waals surface area contributed by atoms with Gasteiger partial charge in [0.05, 0.1) is 29.7 Å². The lowest BCUT2D eigenvalue weighted by Gasteiger charge is -2.30. The van der Waals surface area contributed by atoms with Gasteiger partial charge in [-0.2, -0.15) is 0 Å². The van der Waals surface area contributed by atoms with Crippen molar-refractivity contribution in [1.29, 1.82) is 0 Å². The van der Waals surface area contributed by atoms with Crippen molar-refractivity contribution in [2.45, 2.75) is 56.9 Å². The molecule has 0 unspecified atom stereocenters. The molecule has 2 aromatic carbocycles. The highest BCUT2D eigenvalue weighted by Crippen LogP contribution is 2.32. The minimum atomic E-state index is -4.69. The molecular formula is C29H34N5O5P-2. The van der Waals surface area contributed by atoms with Crippen molar-refractivity contribution in [2.24, 2.45) is 0 Å². The van der Waals surface area contributed by atoms with Crippen molar-refractivity contribution in [3.05, 3.63) is 95.1 Å². The maximum atomic E-state index is 13.9. The normalized spacial score (nSPS) is 16.9. The van der Waals surface area contributed by atoms with E-state index in [1.54, 1.807) is 55.5 Å². The molecule has 10 nitrogen and oxygen atoms in total. The Hall–Kier alpha value is -3.43. The summed E-state index contributed by atoms with van der Waals surface area (Å²) < 4.78 is 11.1. The molecule has 2 amide bonds. The number of likely N-dealkylation sites (tertiary alicyclic amines) is 1. The maximum absolute atomic E-state index is 13.9. The first-order valence-electron chi connectivity index (χ1n) is 13.3. The zero-order valence-electron chi connectivity index (χ0n) is 22.7. The molecule has 1 aliphatic heterocycles. The number of aromatic nitrogens is 2. The Morgan fingerprint density at radius 2 is 1.75 bits per heavy atom. The minimum Gasteiger partial charge on any atom is -0.810 e. The van der Waals surface area contributed by atoms with Crippen LogP contribution < -0.4 is 20.4 Å². The molecule has 1 saturated heterocycles. The number of benzene rings is 2. The van der Waals surface area contributed by atoms with Gasteiger partial charge in [-0.3, -0.25) is 19.6 Å². The van der Waals surface area contributed by atoms with Crippen molar-refractivity contribution in [3.8, 4) is 0 Å². The van der Waals surface area contributed by atoms with Crippen molar-refractivity contribution in [1.82, 2.24) is 25.5 Å². The second kappa shape index (κ2) is 13.3. The van der Waals surface area contributed by atoms with Crippen LogP contribution in [0, 0.1) is 0 Å². The van der Waals surface area contributed by atoms with Gasteiger partial charge in [-0.25, -0.2) is 0 Å². The van der Waals surface area contributed by atoms with Gasteiger partial charge in [-0.05, 0) is 43.5 Å². The summed E-state index contributed by atoms with van der Waals surface area (Å²) >= 11 is 0. The average Bonchev–Trinajstić information content (AvgIpc) is 3.43. The van der Waals surface area contributed by atoms with Crippen LogP contribution in [0.4, 0.5) is 0 Å². The first kappa shape index (κ1) is 29.6. The number of rotatable bonds is 11. The largest absolute Gasteiger partial charge is 0.810 e. The van der Waals surface area contributed by atoms with E-state index in [2.05, 4.69) is 15.6 Å². The third-order valence-corrected chi connectivity index (χ3v) is 7.84. The van der Waals surface area contributed by atoms with Crippen molar-refractivity contribution in [2.75, 3.05) is 13.6 Å². The van der Waals surface area contributed by atoms with E-state index in [9.17, 15) is 23.9 Å². The molecule has 212 valence electrons. The number of carbonyl (C=O) groups excluding carboxylic acids is 2. The second-order valence-electron chi connectivity index (χ2n) is 10.1. The van der Waals surface area contributed by atoms with Crippen molar-refractivity contribution >= 4 is 19.4 Å². The highest BCUT2D eigenvalue weighted by atomic mass is 31.2. The molecule has 0 spiro atoms. The molecule has 11 heteroatoms. The lowest BCUT2D eigenvalue weighted by molar-refractivity contribution is -0.314. The molecule has 3 aromatic rings. The lowest BCUT2D eigenvalue weighted by Crippen LogP contribution is -2.53. The van der Waals surface area contributed by atoms with Crippen LogP contribution >= 0.6 is 7.60 Å². The predicted octanol–water partition coefficient (Wildman–Crippen LogP) is 1.48. The van der Waals surface area contributed by atoms with E-state index in [1.807, 2.05) is 30.3 Å². The number of hydrogen-bond donors (Lipinski definition) is 2. The molecule has 0 bridgehead atoms. The van der Waals surface area contributed by atoms with E-state index in [1.165, 1.54) is 0 Å². The summed E-state index contributed by atoms with van der Waals surface area (Å²) in [4.78, 5) is 60.0. The summed E-state index contributed by atoms with van der Waals surface area (Å²) in [7, 11) is -3.02. The maximum Gasteiger partial charge on any atom is 0.246 e. The van der Waals surface area contributed by atoms with E-state index in [4.69, 9.17) is 4.98 Å². The van der Waals surface area contributed by atoms with Gasteiger partial charge in [0.2, 0.25) is 11.8 Å². The fraction of sp³-hybridized carbons (Fsp3) is 0.379. The van der Waals surface area contributed by atoms with Gasteiger partial charge in [-0.15, -0.1) is 0 Å². The Morgan fingerprint density at radius 1 is 1.05 bits per heavy atom. The highest BCUT2D eigenvalue weighted by Gasteiger charge is 2.36. The molecule has 2 N–H and O–H groups in total. The number of amides is 2. The number of likely N-dealkylation sites (N-methyl/N-ethyl adjacent to an activating group) is 1. The van der Waals surface area contributed by atoms with Crippen molar-refractivity contribution < 1.29 is 23.9 Å². The van der Waals surface area contributed by atoms with Gasteiger partial charge >= 0.3 is 0 Å². The Bertz CT molecular complexity index is 1350. The monoisotopic (exact) mass is 563 g/mol. The van der Waals surface area contributed by atoms with E-state index in [0.717, 1.165) is 35.4 Å². The van der Waals surface area contributed by atoms with Gasteiger partial charge in [0, 0.05) is 31.7 Å². The third-order valence-electron chi connectivity index (χ3n) is 7.09. The number of carbonyl (C=O) groups is 2. The predicted molar refractivity (Wildman–Crippen MR) is 147 cm³/mol. The van der Waals surface area contributed by atoms with Crippen LogP contribution in [-0.4, -0.2) is 52.4 Å². The van der Waals surface area contributed by atoms with Crippen LogP contribution in [0.2, 0.25) is 0 Å². The molecule has 0 aliphatic carbocycles. The first-order valence-corrected chi connectivity index (χ1v) is 15.1. The van der Waals surface area contributed by atoms with E-state index in [-0.39, 0.29) is 24.3 Å². The Morgan fingerprint density at radius 3 is 2.42 bits per heavy atom. The van der Waals surface area contributed by atoms with Crippen LogP contribution in [0.5, 0.6) is 0 Å². The highest BCUT2D eigenvalue weighted by molar-refractivity contribution is 7.47. The van der Waals surface area contributed by atoms with Crippen molar-refractivity contribution in [3.63, 3.8) is 0 Å². The summed E-state index contributed by atoms with van der Waals surface area (Å²) in [6.45, 7) is 2.24. The van der Waals surface area contributed by atoms with Crippen LogP contribution in [-0.2, 0) is 33.2 Å².